The highest BCUT2D eigenvalue weighted by molar-refractivity contribution is 5.91. The minimum atomic E-state index is -0.255. The fourth-order valence-corrected chi connectivity index (χ4v) is 4.85. The Labute approximate surface area is 181 Å². The number of nitrogens with one attached hydrogen (secondary N) is 1. The maximum absolute atomic E-state index is 13.7. The van der Waals surface area contributed by atoms with Crippen molar-refractivity contribution < 1.29 is 13.9 Å². The van der Waals surface area contributed by atoms with Crippen molar-refractivity contribution in [3.8, 4) is 5.75 Å². The smallest absolute Gasteiger partial charge is 0.154 e. The molecule has 0 spiro atoms. The van der Waals surface area contributed by atoms with Crippen molar-refractivity contribution in [2.75, 3.05) is 25.5 Å². The number of benzene rings is 2. The Balaban J connectivity index is 1.19. The van der Waals surface area contributed by atoms with Gasteiger partial charge >= 0.3 is 0 Å². The van der Waals surface area contributed by atoms with Crippen molar-refractivity contribution >= 4 is 22.4 Å². The standard InChI is InChI=1S/C25H26FN3O2/c1-15(24(30)11-16-4-3-5-18(10-16)31-2)29-13-20-21(14-29)25(20)28-23-8-9-27-22-7-6-17(26)12-19(22)23/h3-10,12,15,20-21,25H,11,13-14H2,1-2H3,(H,27,28). The molecule has 5 nitrogen and oxygen atoms in total. The second-order valence-corrected chi connectivity index (χ2v) is 8.64. The van der Waals surface area contributed by atoms with Crippen molar-refractivity contribution in [2.24, 2.45) is 11.8 Å². The van der Waals surface area contributed by atoms with E-state index in [1.54, 1.807) is 19.4 Å². The molecule has 6 heteroatoms. The van der Waals surface area contributed by atoms with Crippen LogP contribution < -0.4 is 10.1 Å². The van der Waals surface area contributed by atoms with Gasteiger partial charge in [-0.3, -0.25) is 14.7 Å². The van der Waals surface area contributed by atoms with Crippen molar-refractivity contribution in [2.45, 2.75) is 25.4 Å². The summed E-state index contributed by atoms with van der Waals surface area (Å²) in [4.78, 5) is 19.4. The van der Waals surface area contributed by atoms with Gasteiger partial charge in [-0.05, 0) is 60.7 Å². The van der Waals surface area contributed by atoms with Gasteiger partial charge < -0.3 is 10.1 Å². The number of carbonyl (C=O) groups excluding carboxylic acids is 1. The second-order valence-electron chi connectivity index (χ2n) is 8.64. The van der Waals surface area contributed by atoms with Gasteiger partial charge in [0, 0.05) is 42.8 Å². The van der Waals surface area contributed by atoms with Gasteiger partial charge in [-0.2, -0.15) is 0 Å². The molecule has 0 radical (unpaired) electrons. The molecule has 1 aliphatic carbocycles. The highest BCUT2D eigenvalue weighted by atomic mass is 19.1. The SMILES string of the molecule is COc1cccc(CC(=O)C(C)N2CC3C(C2)C3Nc2ccnc3ccc(F)cc23)c1. The van der Waals surface area contributed by atoms with Gasteiger partial charge in [0.25, 0.3) is 0 Å². The number of ether oxygens (including phenoxy) is 1. The van der Waals surface area contributed by atoms with E-state index in [1.807, 2.05) is 37.3 Å². The summed E-state index contributed by atoms with van der Waals surface area (Å²) < 4.78 is 19.0. The third-order valence-corrected chi connectivity index (χ3v) is 6.77. The monoisotopic (exact) mass is 419 g/mol. The van der Waals surface area contributed by atoms with Gasteiger partial charge in [-0.25, -0.2) is 4.39 Å². The van der Waals surface area contributed by atoms with E-state index in [-0.39, 0.29) is 17.6 Å². The topological polar surface area (TPSA) is 54.5 Å². The maximum atomic E-state index is 13.7. The first-order valence-corrected chi connectivity index (χ1v) is 10.7. The maximum Gasteiger partial charge on any atom is 0.154 e. The highest BCUT2D eigenvalue weighted by Gasteiger charge is 2.56. The molecule has 0 bridgehead atoms. The zero-order chi connectivity index (χ0) is 21.5. The molecule has 1 aromatic heterocycles. The van der Waals surface area contributed by atoms with Crippen LogP contribution in [0.25, 0.3) is 10.9 Å². The molecular weight excluding hydrogens is 393 g/mol. The van der Waals surface area contributed by atoms with Crippen LogP contribution in [-0.4, -0.2) is 48.0 Å². The molecule has 1 saturated heterocycles. The van der Waals surface area contributed by atoms with Crippen LogP contribution in [0.1, 0.15) is 12.5 Å². The van der Waals surface area contributed by atoms with E-state index in [4.69, 9.17) is 4.74 Å². The van der Waals surface area contributed by atoms with Gasteiger partial charge in [-0.1, -0.05) is 12.1 Å². The molecule has 1 saturated carbocycles. The number of pyridine rings is 1. The molecule has 2 aromatic carbocycles. The van der Waals surface area contributed by atoms with Crippen LogP contribution in [-0.2, 0) is 11.2 Å². The molecule has 5 rings (SSSR count). The first-order chi connectivity index (χ1) is 15.0. The lowest BCUT2D eigenvalue weighted by atomic mass is 10.0. The summed E-state index contributed by atoms with van der Waals surface area (Å²) in [5.74, 6) is 1.79. The predicted molar refractivity (Wildman–Crippen MR) is 119 cm³/mol. The number of halogens is 1. The van der Waals surface area contributed by atoms with Gasteiger partial charge in [0.05, 0.1) is 18.7 Å². The molecule has 3 unspecified atom stereocenters. The summed E-state index contributed by atoms with van der Waals surface area (Å²) >= 11 is 0. The molecule has 31 heavy (non-hydrogen) atoms. The Morgan fingerprint density at radius 1 is 1.23 bits per heavy atom. The Kier molecular flexibility index (Phi) is 5.10. The average molecular weight is 420 g/mol. The van der Waals surface area contributed by atoms with Crippen LogP contribution >= 0.6 is 0 Å². The lowest BCUT2D eigenvalue weighted by molar-refractivity contribution is -0.122. The summed E-state index contributed by atoms with van der Waals surface area (Å²) in [6.45, 7) is 3.82. The zero-order valence-corrected chi connectivity index (χ0v) is 17.7. The zero-order valence-electron chi connectivity index (χ0n) is 17.7. The van der Waals surface area contributed by atoms with Gasteiger partial charge in [0.2, 0.25) is 0 Å². The molecule has 3 atom stereocenters. The molecule has 1 aliphatic heterocycles. The van der Waals surface area contributed by atoms with Crippen LogP contribution in [0.5, 0.6) is 5.75 Å². The van der Waals surface area contributed by atoms with E-state index in [1.165, 1.54) is 12.1 Å². The number of ketones is 1. The first kappa shape index (κ1) is 19.9. The lowest BCUT2D eigenvalue weighted by Crippen LogP contribution is -2.41. The summed E-state index contributed by atoms with van der Waals surface area (Å²) in [5, 5.41) is 4.41. The Bertz CT molecular complexity index is 1120. The van der Waals surface area contributed by atoms with Crippen LogP contribution in [0.15, 0.2) is 54.7 Å². The molecule has 160 valence electrons. The van der Waals surface area contributed by atoms with Gasteiger partial charge in [0.1, 0.15) is 11.6 Å². The van der Waals surface area contributed by atoms with Gasteiger partial charge in [0.15, 0.2) is 5.78 Å². The Hall–Kier alpha value is -2.99. The number of piperidine rings is 1. The fraction of sp³-hybridized carbons (Fsp3) is 0.360. The lowest BCUT2D eigenvalue weighted by Gasteiger charge is -2.26. The number of nitrogens with zero attached hydrogens (tertiary/aromatic N) is 2. The van der Waals surface area contributed by atoms with Crippen molar-refractivity contribution in [1.82, 2.24) is 9.88 Å². The predicted octanol–water partition coefficient (Wildman–Crippen LogP) is 3.92. The number of anilines is 1. The number of likely N-dealkylation sites (tertiary alicyclic amines) is 1. The summed E-state index contributed by atoms with van der Waals surface area (Å²) in [6, 6.07) is 14.6. The summed E-state index contributed by atoms with van der Waals surface area (Å²) in [6.07, 6.45) is 2.17. The molecule has 3 aromatic rings. The highest BCUT2D eigenvalue weighted by Crippen LogP contribution is 2.48. The van der Waals surface area contributed by atoms with Crippen molar-refractivity contribution in [1.29, 1.82) is 0 Å². The third-order valence-electron chi connectivity index (χ3n) is 6.77. The third kappa shape index (κ3) is 3.88. The molecule has 1 N–H and O–H groups in total. The Morgan fingerprint density at radius 3 is 2.81 bits per heavy atom. The van der Waals surface area contributed by atoms with E-state index in [9.17, 15) is 9.18 Å². The molecule has 2 heterocycles. The second kappa shape index (κ2) is 7.93. The molecule has 0 amide bonds. The minimum Gasteiger partial charge on any atom is -0.497 e. The van der Waals surface area contributed by atoms with Crippen molar-refractivity contribution in [3.05, 3.63) is 66.1 Å². The number of fused-ring (bicyclic) bond motifs is 2. The quantitative estimate of drug-likeness (QED) is 0.629. The van der Waals surface area contributed by atoms with E-state index >= 15 is 0 Å². The number of methoxy groups -OCH3 is 1. The van der Waals surface area contributed by atoms with E-state index in [0.717, 1.165) is 41.0 Å². The molecule has 2 fully saturated rings. The largest absolute Gasteiger partial charge is 0.497 e. The summed E-state index contributed by atoms with van der Waals surface area (Å²) in [7, 11) is 1.63. The van der Waals surface area contributed by atoms with Crippen LogP contribution in [0, 0.1) is 17.7 Å². The van der Waals surface area contributed by atoms with E-state index in [0.29, 0.717) is 24.3 Å². The van der Waals surface area contributed by atoms with Crippen LogP contribution in [0.3, 0.4) is 0 Å². The van der Waals surface area contributed by atoms with Crippen LogP contribution in [0.2, 0.25) is 0 Å². The number of rotatable bonds is 7. The fourth-order valence-electron chi connectivity index (χ4n) is 4.85. The number of Topliss-reactive ketones (excluding diaryl/α,β-unsaturated/α-hetero) is 1. The summed E-state index contributed by atoms with van der Waals surface area (Å²) in [5.41, 5.74) is 2.70. The molecular formula is C25H26FN3O2. The van der Waals surface area contributed by atoms with E-state index in [2.05, 4.69) is 15.2 Å². The molecule has 2 aliphatic rings. The van der Waals surface area contributed by atoms with Crippen molar-refractivity contribution in [3.63, 3.8) is 0 Å². The number of hydrogen-bond acceptors (Lipinski definition) is 5. The number of aromatic nitrogens is 1. The average Bonchev–Trinajstić information content (AvgIpc) is 3.21. The minimum absolute atomic E-state index is 0.101. The Morgan fingerprint density at radius 2 is 2.03 bits per heavy atom. The van der Waals surface area contributed by atoms with Crippen LogP contribution in [0.4, 0.5) is 10.1 Å². The number of hydrogen-bond donors (Lipinski definition) is 1. The van der Waals surface area contributed by atoms with E-state index < -0.39 is 0 Å². The normalized spacial score (nSPS) is 23.4. The number of carbonyl (C=O) groups is 1. The first-order valence-electron chi connectivity index (χ1n) is 10.7. The van der Waals surface area contributed by atoms with Gasteiger partial charge in [-0.15, -0.1) is 0 Å².